The van der Waals surface area contributed by atoms with Crippen molar-refractivity contribution in [3.05, 3.63) is 35.9 Å². The van der Waals surface area contributed by atoms with E-state index < -0.39 is 0 Å². The molecule has 0 aliphatic rings. The number of nitrogen functional groups attached to an aromatic ring is 1. The van der Waals surface area contributed by atoms with Crippen molar-refractivity contribution in [3.63, 3.8) is 0 Å². The molecule has 0 fully saturated rings. The highest BCUT2D eigenvalue weighted by molar-refractivity contribution is 6.07. The van der Waals surface area contributed by atoms with E-state index in [1.54, 1.807) is 12.1 Å². The lowest BCUT2D eigenvalue weighted by Crippen LogP contribution is -2.39. The first-order valence-corrected chi connectivity index (χ1v) is 6.70. The van der Waals surface area contributed by atoms with Crippen LogP contribution in [-0.2, 0) is 4.79 Å². The van der Waals surface area contributed by atoms with E-state index >= 15 is 0 Å². The van der Waals surface area contributed by atoms with Gasteiger partial charge in [-0.25, -0.2) is 4.98 Å². The van der Waals surface area contributed by atoms with Gasteiger partial charge in [0.05, 0.1) is 17.6 Å². The zero-order chi connectivity index (χ0) is 15.4. The molecule has 0 bridgehead atoms. The summed E-state index contributed by atoms with van der Waals surface area (Å²) in [6, 6.07) is 8.78. The Morgan fingerprint density at radius 3 is 2.71 bits per heavy atom. The summed E-state index contributed by atoms with van der Waals surface area (Å²) in [6.07, 6.45) is 0. The van der Waals surface area contributed by atoms with Crippen molar-refractivity contribution in [2.45, 2.75) is 19.9 Å². The van der Waals surface area contributed by atoms with E-state index in [0.29, 0.717) is 16.5 Å². The van der Waals surface area contributed by atoms with Crippen LogP contribution < -0.4 is 16.4 Å². The van der Waals surface area contributed by atoms with E-state index in [-0.39, 0.29) is 30.2 Å². The second-order valence-corrected chi connectivity index (χ2v) is 5.02. The van der Waals surface area contributed by atoms with Gasteiger partial charge in [0.1, 0.15) is 5.82 Å². The molecule has 2 rings (SSSR count). The number of para-hydroxylation sites is 1. The van der Waals surface area contributed by atoms with E-state index in [1.807, 2.05) is 26.0 Å². The Morgan fingerprint density at radius 1 is 1.29 bits per heavy atom. The van der Waals surface area contributed by atoms with Gasteiger partial charge in [-0.05, 0) is 26.0 Å². The molecule has 6 nitrogen and oxygen atoms in total. The molecule has 2 amide bonds. The number of nitrogens with zero attached hydrogens (tertiary/aromatic N) is 1. The molecule has 0 aliphatic carbocycles. The number of aromatic nitrogens is 1. The predicted octanol–water partition coefficient (Wildman–Crippen LogP) is 1.07. The summed E-state index contributed by atoms with van der Waals surface area (Å²) in [7, 11) is 0. The molecule has 1 aromatic heterocycles. The van der Waals surface area contributed by atoms with Crippen molar-refractivity contribution >= 4 is 28.5 Å². The molecule has 0 radical (unpaired) electrons. The van der Waals surface area contributed by atoms with Crippen molar-refractivity contribution in [3.8, 4) is 0 Å². The third-order valence-corrected chi connectivity index (χ3v) is 2.84. The van der Waals surface area contributed by atoms with Gasteiger partial charge in [0.15, 0.2) is 0 Å². The van der Waals surface area contributed by atoms with Crippen LogP contribution >= 0.6 is 0 Å². The van der Waals surface area contributed by atoms with Gasteiger partial charge in [-0.15, -0.1) is 0 Å². The largest absolute Gasteiger partial charge is 0.384 e. The van der Waals surface area contributed by atoms with Gasteiger partial charge in [-0.3, -0.25) is 9.59 Å². The Bertz CT molecular complexity index is 682. The number of hydrogen-bond donors (Lipinski definition) is 3. The highest BCUT2D eigenvalue weighted by atomic mass is 16.2. The lowest BCUT2D eigenvalue weighted by molar-refractivity contribution is -0.120. The zero-order valence-electron chi connectivity index (χ0n) is 12.0. The minimum Gasteiger partial charge on any atom is -0.384 e. The van der Waals surface area contributed by atoms with Gasteiger partial charge >= 0.3 is 0 Å². The van der Waals surface area contributed by atoms with Crippen LogP contribution in [0.4, 0.5) is 5.82 Å². The summed E-state index contributed by atoms with van der Waals surface area (Å²) >= 11 is 0. The first-order chi connectivity index (χ1) is 9.97. The fraction of sp³-hybridized carbons (Fsp3) is 0.267. The Morgan fingerprint density at radius 2 is 2.00 bits per heavy atom. The van der Waals surface area contributed by atoms with Gasteiger partial charge < -0.3 is 16.4 Å². The van der Waals surface area contributed by atoms with Crippen molar-refractivity contribution < 1.29 is 9.59 Å². The number of pyridine rings is 1. The molecule has 4 N–H and O–H groups in total. The first-order valence-electron chi connectivity index (χ1n) is 6.70. The molecule has 110 valence electrons. The standard InChI is InChI=1S/C15H18N4O2/c1-9(2)18-14(20)8-17-15(21)11-7-13(16)19-12-6-4-3-5-10(11)12/h3-7,9H,8H2,1-2H3,(H2,16,19)(H,17,21)(H,18,20). The Balaban J connectivity index is 2.18. The van der Waals surface area contributed by atoms with Crippen LogP contribution in [0.1, 0.15) is 24.2 Å². The lowest BCUT2D eigenvalue weighted by Gasteiger charge is -2.10. The van der Waals surface area contributed by atoms with Crippen molar-refractivity contribution in [1.82, 2.24) is 15.6 Å². The molecule has 0 atom stereocenters. The minimum atomic E-state index is -0.348. The third kappa shape index (κ3) is 3.68. The van der Waals surface area contributed by atoms with Crippen LogP contribution in [0.2, 0.25) is 0 Å². The number of fused-ring (bicyclic) bond motifs is 1. The monoisotopic (exact) mass is 286 g/mol. The molecule has 0 saturated carbocycles. The molecular weight excluding hydrogens is 268 g/mol. The number of benzene rings is 1. The maximum absolute atomic E-state index is 12.2. The summed E-state index contributed by atoms with van der Waals surface area (Å²) < 4.78 is 0. The molecule has 0 aliphatic heterocycles. The smallest absolute Gasteiger partial charge is 0.252 e. The van der Waals surface area contributed by atoms with Crippen molar-refractivity contribution in [1.29, 1.82) is 0 Å². The van der Waals surface area contributed by atoms with E-state index in [9.17, 15) is 9.59 Å². The van der Waals surface area contributed by atoms with Crippen LogP contribution in [0.3, 0.4) is 0 Å². The van der Waals surface area contributed by atoms with Gasteiger partial charge in [-0.2, -0.15) is 0 Å². The number of rotatable bonds is 4. The van der Waals surface area contributed by atoms with E-state index in [2.05, 4.69) is 15.6 Å². The summed E-state index contributed by atoms with van der Waals surface area (Å²) in [5, 5.41) is 6.00. The fourth-order valence-electron chi connectivity index (χ4n) is 2.01. The zero-order valence-corrected chi connectivity index (χ0v) is 12.0. The molecule has 0 unspecified atom stereocenters. The predicted molar refractivity (Wildman–Crippen MR) is 81.8 cm³/mol. The average molecular weight is 286 g/mol. The topological polar surface area (TPSA) is 97.1 Å². The SMILES string of the molecule is CC(C)NC(=O)CNC(=O)c1cc(N)nc2ccccc12. The molecule has 0 saturated heterocycles. The van der Waals surface area contributed by atoms with Crippen LogP contribution in [-0.4, -0.2) is 29.4 Å². The number of carbonyl (C=O) groups excluding carboxylic acids is 2. The quantitative estimate of drug-likeness (QED) is 0.783. The van der Waals surface area contributed by atoms with Crippen LogP contribution in [0, 0.1) is 0 Å². The summed E-state index contributed by atoms with van der Waals surface area (Å²) in [6.45, 7) is 3.64. The number of nitrogens with one attached hydrogen (secondary N) is 2. The number of nitrogens with two attached hydrogens (primary N) is 1. The summed E-state index contributed by atoms with van der Waals surface area (Å²) in [5.74, 6) is -0.311. The van der Waals surface area contributed by atoms with Crippen LogP contribution in [0.15, 0.2) is 30.3 Å². The maximum atomic E-state index is 12.2. The Kier molecular flexibility index (Phi) is 4.37. The number of anilines is 1. The molecule has 6 heteroatoms. The average Bonchev–Trinajstić information content (AvgIpc) is 2.43. The van der Waals surface area contributed by atoms with Gasteiger partial charge in [-0.1, -0.05) is 18.2 Å². The van der Waals surface area contributed by atoms with Crippen LogP contribution in [0.25, 0.3) is 10.9 Å². The molecule has 1 heterocycles. The summed E-state index contributed by atoms with van der Waals surface area (Å²) in [5.41, 5.74) is 6.77. The van der Waals surface area contributed by atoms with Crippen molar-refractivity contribution in [2.75, 3.05) is 12.3 Å². The minimum absolute atomic E-state index is 0.0341. The Hall–Kier alpha value is -2.63. The number of amides is 2. The first kappa shape index (κ1) is 14.8. The molecule has 1 aromatic carbocycles. The highest BCUT2D eigenvalue weighted by Crippen LogP contribution is 2.19. The third-order valence-electron chi connectivity index (χ3n) is 2.84. The summed E-state index contributed by atoms with van der Waals surface area (Å²) in [4.78, 5) is 28.0. The normalized spacial score (nSPS) is 10.6. The second-order valence-electron chi connectivity index (χ2n) is 5.02. The number of carbonyl (C=O) groups is 2. The maximum Gasteiger partial charge on any atom is 0.252 e. The van der Waals surface area contributed by atoms with Crippen molar-refractivity contribution in [2.24, 2.45) is 0 Å². The molecule has 0 spiro atoms. The van der Waals surface area contributed by atoms with Gasteiger partial charge in [0.25, 0.3) is 5.91 Å². The van der Waals surface area contributed by atoms with E-state index in [0.717, 1.165) is 0 Å². The Labute approximate surface area is 122 Å². The lowest BCUT2D eigenvalue weighted by atomic mass is 10.1. The van der Waals surface area contributed by atoms with E-state index in [1.165, 1.54) is 6.07 Å². The molecule has 2 aromatic rings. The van der Waals surface area contributed by atoms with Crippen LogP contribution in [0.5, 0.6) is 0 Å². The number of hydrogen-bond acceptors (Lipinski definition) is 4. The second kappa shape index (κ2) is 6.21. The molecule has 21 heavy (non-hydrogen) atoms. The van der Waals surface area contributed by atoms with E-state index in [4.69, 9.17) is 5.73 Å². The highest BCUT2D eigenvalue weighted by Gasteiger charge is 2.13. The van der Waals surface area contributed by atoms with Gasteiger partial charge in [0.2, 0.25) is 5.91 Å². The molecular formula is C15H18N4O2. The fourth-order valence-corrected chi connectivity index (χ4v) is 2.01. The van der Waals surface area contributed by atoms with Gasteiger partial charge in [0, 0.05) is 11.4 Å².